The van der Waals surface area contributed by atoms with E-state index in [0.29, 0.717) is 6.04 Å². The molecule has 2 rings (SSSR count). The Balaban J connectivity index is 1.95. The third-order valence-electron chi connectivity index (χ3n) is 2.70. The number of hydrogen-bond acceptors (Lipinski definition) is 4. The highest BCUT2D eigenvalue weighted by molar-refractivity contribution is 7.10. The molecular weight excluding hydrogens is 196 g/mol. The van der Waals surface area contributed by atoms with Gasteiger partial charge >= 0.3 is 0 Å². The van der Waals surface area contributed by atoms with Crippen molar-refractivity contribution in [3.63, 3.8) is 0 Å². The fourth-order valence-electron chi connectivity index (χ4n) is 1.57. The smallest absolute Gasteiger partial charge is 0.134 e. The lowest BCUT2D eigenvalue weighted by atomic mass is 10.1. The van der Waals surface area contributed by atoms with Gasteiger partial charge in [-0.05, 0) is 18.5 Å². The quantitative estimate of drug-likeness (QED) is 0.810. The minimum Gasteiger partial charge on any atom is -0.496 e. The Hall–Kier alpha value is -0.580. The number of likely N-dealkylation sites (N-methyl/N-ethyl adjacent to an activating group) is 1. The average molecular weight is 212 g/mol. The highest BCUT2D eigenvalue weighted by Gasteiger charge is 2.22. The summed E-state index contributed by atoms with van der Waals surface area (Å²) in [6, 6.07) is 2.73. The molecule has 0 aromatic carbocycles. The molecular formula is C10H16N2OS. The summed E-state index contributed by atoms with van der Waals surface area (Å²) in [5.41, 5.74) is 0. The summed E-state index contributed by atoms with van der Waals surface area (Å²) in [6.45, 7) is 3.22. The van der Waals surface area contributed by atoms with Gasteiger partial charge in [-0.15, -0.1) is 11.3 Å². The Kier molecular flexibility index (Phi) is 3.05. The molecule has 4 heteroatoms. The van der Waals surface area contributed by atoms with E-state index >= 15 is 0 Å². The summed E-state index contributed by atoms with van der Waals surface area (Å²) < 4.78 is 5.29. The van der Waals surface area contributed by atoms with Gasteiger partial charge in [-0.1, -0.05) is 0 Å². The predicted octanol–water partition coefficient (Wildman–Crippen LogP) is 1.16. The summed E-state index contributed by atoms with van der Waals surface area (Å²) >= 11 is 1.77. The SMILES string of the molecule is COc1ccsc1CN(C)C1CNC1. The van der Waals surface area contributed by atoms with Gasteiger partial charge in [0.1, 0.15) is 5.75 Å². The molecule has 1 fully saturated rings. The van der Waals surface area contributed by atoms with E-state index in [1.54, 1.807) is 18.4 Å². The first-order valence-corrected chi connectivity index (χ1v) is 5.70. The zero-order valence-corrected chi connectivity index (χ0v) is 9.43. The molecule has 14 heavy (non-hydrogen) atoms. The molecule has 0 spiro atoms. The fraction of sp³-hybridized carbons (Fsp3) is 0.600. The van der Waals surface area contributed by atoms with Gasteiger partial charge in [0, 0.05) is 25.7 Å². The maximum Gasteiger partial charge on any atom is 0.134 e. The zero-order valence-electron chi connectivity index (χ0n) is 8.62. The first-order valence-electron chi connectivity index (χ1n) is 4.82. The van der Waals surface area contributed by atoms with Crippen LogP contribution in [-0.4, -0.2) is 38.2 Å². The molecule has 0 radical (unpaired) electrons. The molecule has 1 saturated heterocycles. The van der Waals surface area contributed by atoms with E-state index in [0.717, 1.165) is 25.4 Å². The molecule has 1 aliphatic heterocycles. The molecule has 0 bridgehead atoms. The molecule has 2 heterocycles. The topological polar surface area (TPSA) is 24.5 Å². The standard InChI is InChI=1S/C10H16N2OS/c1-12(8-5-11-6-8)7-10-9(13-2)3-4-14-10/h3-4,8,11H,5-7H2,1-2H3. The second kappa shape index (κ2) is 4.29. The molecule has 1 aromatic rings. The second-order valence-electron chi connectivity index (χ2n) is 3.64. The average Bonchev–Trinajstić information content (AvgIpc) is 2.48. The Morgan fingerprint density at radius 2 is 2.43 bits per heavy atom. The number of nitrogens with one attached hydrogen (secondary N) is 1. The van der Waals surface area contributed by atoms with Crippen LogP contribution in [0.15, 0.2) is 11.4 Å². The molecule has 0 unspecified atom stereocenters. The van der Waals surface area contributed by atoms with Gasteiger partial charge in [0.2, 0.25) is 0 Å². The lowest BCUT2D eigenvalue weighted by molar-refractivity contribution is 0.173. The summed E-state index contributed by atoms with van der Waals surface area (Å²) in [5, 5.41) is 5.37. The summed E-state index contributed by atoms with van der Waals surface area (Å²) in [5.74, 6) is 1.02. The summed E-state index contributed by atoms with van der Waals surface area (Å²) in [7, 11) is 3.90. The van der Waals surface area contributed by atoms with Crippen molar-refractivity contribution in [1.29, 1.82) is 0 Å². The number of nitrogens with zero attached hydrogens (tertiary/aromatic N) is 1. The number of rotatable bonds is 4. The van der Waals surface area contributed by atoms with Crippen LogP contribution in [0.25, 0.3) is 0 Å². The van der Waals surface area contributed by atoms with Gasteiger partial charge in [0.05, 0.1) is 12.0 Å². The van der Waals surface area contributed by atoms with Crippen LogP contribution in [0.1, 0.15) is 4.88 Å². The van der Waals surface area contributed by atoms with E-state index in [2.05, 4.69) is 22.6 Å². The molecule has 0 aliphatic carbocycles. The van der Waals surface area contributed by atoms with Crippen molar-refractivity contribution < 1.29 is 4.74 Å². The largest absolute Gasteiger partial charge is 0.496 e. The van der Waals surface area contributed by atoms with Gasteiger partial charge < -0.3 is 10.1 Å². The molecule has 78 valence electrons. The lowest BCUT2D eigenvalue weighted by Gasteiger charge is -2.35. The van der Waals surface area contributed by atoms with E-state index in [9.17, 15) is 0 Å². The van der Waals surface area contributed by atoms with E-state index in [4.69, 9.17) is 4.74 Å². The minimum absolute atomic E-state index is 0.696. The van der Waals surface area contributed by atoms with E-state index in [1.807, 2.05) is 6.07 Å². The van der Waals surface area contributed by atoms with Crippen molar-refractivity contribution in [2.45, 2.75) is 12.6 Å². The van der Waals surface area contributed by atoms with Gasteiger partial charge in [-0.25, -0.2) is 0 Å². The normalized spacial score (nSPS) is 17.1. The molecule has 0 saturated carbocycles. The number of methoxy groups -OCH3 is 1. The van der Waals surface area contributed by atoms with Gasteiger partial charge in [-0.3, -0.25) is 4.90 Å². The van der Waals surface area contributed by atoms with Crippen LogP contribution in [-0.2, 0) is 6.54 Å². The third kappa shape index (κ3) is 1.92. The first-order chi connectivity index (χ1) is 6.81. The predicted molar refractivity (Wildman–Crippen MR) is 59.0 cm³/mol. The molecule has 1 N–H and O–H groups in total. The number of hydrogen-bond donors (Lipinski definition) is 1. The Morgan fingerprint density at radius 1 is 1.64 bits per heavy atom. The summed E-state index contributed by atoms with van der Waals surface area (Å²) in [6.07, 6.45) is 0. The maximum atomic E-state index is 5.29. The fourth-order valence-corrected chi connectivity index (χ4v) is 2.47. The molecule has 1 aromatic heterocycles. The van der Waals surface area contributed by atoms with Crippen molar-refractivity contribution in [3.8, 4) is 5.75 Å². The zero-order chi connectivity index (χ0) is 9.97. The minimum atomic E-state index is 0.696. The van der Waals surface area contributed by atoms with E-state index in [1.165, 1.54) is 4.88 Å². The van der Waals surface area contributed by atoms with Crippen molar-refractivity contribution >= 4 is 11.3 Å². The highest BCUT2D eigenvalue weighted by Crippen LogP contribution is 2.26. The van der Waals surface area contributed by atoms with Crippen molar-refractivity contribution in [2.24, 2.45) is 0 Å². The Morgan fingerprint density at radius 3 is 3.00 bits per heavy atom. The lowest BCUT2D eigenvalue weighted by Crippen LogP contribution is -2.55. The maximum absolute atomic E-state index is 5.29. The van der Waals surface area contributed by atoms with Crippen LogP contribution in [0.2, 0.25) is 0 Å². The monoisotopic (exact) mass is 212 g/mol. The molecule has 3 nitrogen and oxygen atoms in total. The van der Waals surface area contributed by atoms with Crippen molar-refractivity contribution in [1.82, 2.24) is 10.2 Å². The van der Waals surface area contributed by atoms with Crippen LogP contribution >= 0.6 is 11.3 Å². The van der Waals surface area contributed by atoms with Crippen LogP contribution in [0.4, 0.5) is 0 Å². The van der Waals surface area contributed by atoms with E-state index in [-0.39, 0.29) is 0 Å². The Labute approximate surface area is 88.7 Å². The molecule has 0 atom stereocenters. The highest BCUT2D eigenvalue weighted by atomic mass is 32.1. The number of ether oxygens (including phenoxy) is 1. The van der Waals surface area contributed by atoms with Crippen LogP contribution < -0.4 is 10.1 Å². The number of thiophene rings is 1. The van der Waals surface area contributed by atoms with Gasteiger partial charge in [-0.2, -0.15) is 0 Å². The van der Waals surface area contributed by atoms with E-state index < -0.39 is 0 Å². The first kappa shape index (κ1) is 9.96. The van der Waals surface area contributed by atoms with Crippen LogP contribution in [0.5, 0.6) is 5.75 Å². The molecule has 1 aliphatic rings. The van der Waals surface area contributed by atoms with Gasteiger partial charge in [0.15, 0.2) is 0 Å². The van der Waals surface area contributed by atoms with Crippen LogP contribution in [0, 0.1) is 0 Å². The van der Waals surface area contributed by atoms with Crippen molar-refractivity contribution in [2.75, 3.05) is 27.2 Å². The van der Waals surface area contributed by atoms with Crippen LogP contribution in [0.3, 0.4) is 0 Å². The van der Waals surface area contributed by atoms with Crippen molar-refractivity contribution in [3.05, 3.63) is 16.3 Å². The second-order valence-corrected chi connectivity index (χ2v) is 4.64. The summed E-state index contributed by atoms with van der Waals surface area (Å²) in [4.78, 5) is 3.70. The Bertz CT molecular complexity index is 296. The van der Waals surface area contributed by atoms with Gasteiger partial charge in [0.25, 0.3) is 0 Å². The molecule has 0 amide bonds. The third-order valence-corrected chi connectivity index (χ3v) is 3.59.